The highest BCUT2D eigenvalue weighted by Gasteiger charge is 2.22. The number of sulfone groups is 1. The van der Waals surface area contributed by atoms with Gasteiger partial charge in [0.15, 0.2) is 15.6 Å². The zero-order valence-corrected chi connectivity index (χ0v) is 22.1. The SMILES string of the molecule is COc1ccc(-c2cccc(C)c2)cc1S(=O)(=O)Cc1cccc(CCCNC(=O)c2occc2C)c1. The van der Waals surface area contributed by atoms with E-state index in [1.807, 2.05) is 68.4 Å². The summed E-state index contributed by atoms with van der Waals surface area (Å²) in [6.07, 6.45) is 2.92. The molecule has 0 saturated heterocycles. The molecule has 0 atom stereocenters. The van der Waals surface area contributed by atoms with Crippen molar-refractivity contribution in [2.45, 2.75) is 37.3 Å². The molecule has 0 aliphatic rings. The van der Waals surface area contributed by atoms with Crippen molar-refractivity contribution in [2.24, 2.45) is 0 Å². The molecule has 37 heavy (non-hydrogen) atoms. The van der Waals surface area contributed by atoms with Gasteiger partial charge >= 0.3 is 0 Å². The van der Waals surface area contributed by atoms with Crippen molar-refractivity contribution in [3.05, 3.63) is 107 Å². The quantitative estimate of drug-likeness (QED) is 0.264. The van der Waals surface area contributed by atoms with Crippen molar-refractivity contribution in [2.75, 3.05) is 13.7 Å². The van der Waals surface area contributed by atoms with Crippen molar-refractivity contribution in [3.8, 4) is 16.9 Å². The summed E-state index contributed by atoms with van der Waals surface area (Å²) in [4.78, 5) is 12.4. The van der Waals surface area contributed by atoms with Gasteiger partial charge in [-0.3, -0.25) is 4.79 Å². The molecule has 1 aromatic heterocycles. The second kappa shape index (κ2) is 11.5. The van der Waals surface area contributed by atoms with Gasteiger partial charge in [-0.05, 0) is 67.1 Å². The zero-order valence-electron chi connectivity index (χ0n) is 21.3. The Kier molecular flexibility index (Phi) is 8.14. The Morgan fingerprint density at radius 2 is 1.68 bits per heavy atom. The molecule has 0 bridgehead atoms. The van der Waals surface area contributed by atoms with E-state index in [0.717, 1.165) is 27.8 Å². The molecular formula is C30H31NO5S. The van der Waals surface area contributed by atoms with Crippen LogP contribution >= 0.6 is 0 Å². The fraction of sp³-hybridized carbons (Fsp3) is 0.233. The van der Waals surface area contributed by atoms with Crippen molar-refractivity contribution < 1.29 is 22.4 Å². The minimum Gasteiger partial charge on any atom is -0.495 e. The first-order valence-corrected chi connectivity index (χ1v) is 13.8. The van der Waals surface area contributed by atoms with Crippen LogP contribution in [0.4, 0.5) is 0 Å². The Balaban J connectivity index is 1.44. The van der Waals surface area contributed by atoms with Crippen LogP contribution in [0.15, 0.2) is 88.4 Å². The highest BCUT2D eigenvalue weighted by Crippen LogP contribution is 2.32. The van der Waals surface area contributed by atoms with Crippen molar-refractivity contribution in [1.82, 2.24) is 5.32 Å². The molecule has 4 aromatic rings. The number of amides is 1. The van der Waals surface area contributed by atoms with E-state index in [0.29, 0.717) is 36.5 Å². The van der Waals surface area contributed by atoms with E-state index in [1.54, 1.807) is 18.2 Å². The molecule has 1 heterocycles. The number of ether oxygens (including phenoxy) is 1. The molecule has 192 valence electrons. The number of rotatable bonds is 10. The number of aryl methyl sites for hydroxylation is 3. The highest BCUT2D eigenvalue weighted by molar-refractivity contribution is 7.90. The second-order valence-electron chi connectivity index (χ2n) is 9.11. The van der Waals surface area contributed by atoms with Crippen LogP contribution in [0.5, 0.6) is 5.75 Å². The summed E-state index contributed by atoms with van der Waals surface area (Å²) >= 11 is 0. The van der Waals surface area contributed by atoms with Gasteiger partial charge in [-0.1, -0.05) is 60.2 Å². The van der Waals surface area contributed by atoms with E-state index in [4.69, 9.17) is 9.15 Å². The van der Waals surface area contributed by atoms with Crippen LogP contribution in [0.25, 0.3) is 11.1 Å². The molecule has 3 aromatic carbocycles. The highest BCUT2D eigenvalue weighted by atomic mass is 32.2. The molecule has 6 nitrogen and oxygen atoms in total. The van der Waals surface area contributed by atoms with Gasteiger partial charge in [0, 0.05) is 12.1 Å². The first-order chi connectivity index (χ1) is 17.8. The molecule has 0 unspecified atom stereocenters. The second-order valence-corrected chi connectivity index (χ2v) is 11.1. The molecule has 0 aliphatic carbocycles. The molecule has 0 spiro atoms. The number of benzene rings is 3. The van der Waals surface area contributed by atoms with Gasteiger partial charge in [-0.15, -0.1) is 0 Å². The summed E-state index contributed by atoms with van der Waals surface area (Å²) in [6.45, 7) is 4.32. The molecule has 1 amide bonds. The fourth-order valence-corrected chi connectivity index (χ4v) is 5.81. The first-order valence-electron chi connectivity index (χ1n) is 12.1. The van der Waals surface area contributed by atoms with Crippen LogP contribution in [0.1, 0.15) is 39.2 Å². The van der Waals surface area contributed by atoms with Crippen molar-refractivity contribution in [3.63, 3.8) is 0 Å². The predicted octanol–water partition coefficient (Wildman–Crippen LogP) is 5.91. The molecule has 7 heteroatoms. The Hall–Kier alpha value is -3.84. The number of carbonyl (C=O) groups excluding carboxylic acids is 1. The Labute approximate surface area is 218 Å². The molecule has 4 rings (SSSR count). The summed E-state index contributed by atoms with van der Waals surface area (Å²) in [7, 11) is -2.19. The lowest BCUT2D eigenvalue weighted by molar-refractivity contribution is 0.0924. The lowest BCUT2D eigenvalue weighted by atomic mass is 10.0. The van der Waals surface area contributed by atoms with E-state index in [2.05, 4.69) is 5.32 Å². The van der Waals surface area contributed by atoms with Gasteiger partial charge in [0.1, 0.15) is 10.6 Å². The summed E-state index contributed by atoms with van der Waals surface area (Å²) < 4.78 is 37.6. The first kappa shape index (κ1) is 26.2. The smallest absolute Gasteiger partial charge is 0.287 e. The van der Waals surface area contributed by atoms with Crippen LogP contribution in [-0.2, 0) is 22.0 Å². The van der Waals surface area contributed by atoms with Gasteiger partial charge in [0.05, 0.1) is 19.1 Å². The number of carbonyl (C=O) groups is 1. The summed E-state index contributed by atoms with van der Waals surface area (Å²) in [5, 5.41) is 2.86. The van der Waals surface area contributed by atoms with E-state index in [9.17, 15) is 13.2 Å². The predicted molar refractivity (Wildman–Crippen MR) is 145 cm³/mol. The van der Waals surface area contributed by atoms with Gasteiger partial charge in [-0.2, -0.15) is 0 Å². The summed E-state index contributed by atoms with van der Waals surface area (Å²) in [6, 6.07) is 22.5. The third-order valence-corrected chi connectivity index (χ3v) is 7.90. The Bertz CT molecular complexity index is 1500. The van der Waals surface area contributed by atoms with Crippen LogP contribution in [0.3, 0.4) is 0 Å². The summed E-state index contributed by atoms with van der Waals surface area (Å²) in [5.41, 5.74) is 5.39. The third-order valence-electron chi connectivity index (χ3n) is 6.19. The molecule has 0 radical (unpaired) electrons. The van der Waals surface area contributed by atoms with E-state index in [-0.39, 0.29) is 16.6 Å². The number of nitrogens with one attached hydrogen (secondary N) is 1. The summed E-state index contributed by atoms with van der Waals surface area (Å²) in [5.74, 6) is 0.288. The topological polar surface area (TPSA) is 85.6 Å². The van der Waals surface area contributed by atoms with Gasteiger partial charge in [-0.25, -0.2) is 8.42 Å². The Morgan fingerprint density at radius 1 is 0.919 bits per heavy atom. The lowest BCUT2D eigenvalue weighted by Crippen LogP contribution is -2.24. The maximum Gasteiger partial charge on any atom is 0.287 e. The zero-order chi connectivity index (χ0) is 26.4. The molecular weight excluding hydrogens is 486 g/mol. The van der Waals surface area contributed by atoms with Crippen LogP contribution < -0.4 is 10.1 Å². The standard InChI is InChI=1S/C30H31NO5S/c1-21-7-4-11-25(17-21)26-12-13-27(35-3)28(19-26)37(33,34)20-24-9-5-8-23(18-24)10-6-15-31-30(32)29-22(2)14-16-36-29/h4-5,7-9,11-14,16-19H,6,10,15,20H2,1-3H3,(H,31,32). The van der Waals surface area contributed by atoms with Gasteiger partial charge in [0.25, 0.3) is 5.91 Å². The molecule has 1 N–H and O–H groups in total. The Morgan fingerprint density at radius 3 is 2.41 bits per heavy atom. The van der Waals surface area contributed by atoms with Crippen LogP contribution in [0.2, 0.25) is 0 Å². The maximum absolute atomic E-state index is 13.5. The average molecular weight is 518 g/mol. The third kappa shape index (κ3) is 6.49. The molecule has 0 fully saturated rings. The normalized spacial score (nSPS) is 11.3. The van der Waals surface area contributed by atoms with E-state index in [1.165, 1.54) is 13.4 Å². The van der Waals surface area contributed by atoms with Gasteiger partial charge in [0.2, 0.25) is 0 Å². The van der Waals surface area contributed by atoms with Crippen LogP contribution in [0, 0.1) is 13.8 Å². The van der Waals surface area contributed by atoms with Crippen molar-refractivity contribution in [1.29, 1.82) is 0 Å². The van der Waals surface area contributed by atoms with Crippen molar-refractivity contribution >= 4 is 15.7 Å². The van der Waals surface area contributed by atoms with Gasteiger partial charge < -0.3 is 14.5 Å². The minimum absolute atomic E-state index is 0.136. The molecule has 0 saturated carbocycles. The largest absolute Gasteiger partial charge is 0.495 e. The number of methoxy groups -OCH3 is 1. The number of hydrogen-bond acceptors (Lipinski definition) is 5. The van der Waals surface area contributed by atoms with E-state index < -0.39 is 9.84 Å². The maximum atomic E-state index is 13.5. The fourth-order valence-electron chi connectivity index (χ4n) is 4.28. The molecule has 0 aliphatic heterocycles. The number of furan rings is 1. The lowest BCUT2D eigenvalue weighted by Gasteiger charge is -2.13. The van der Waals surface area contributed by atoms with E-state index >= 15 is 0 Å². The average Bonchev–Trinajstić information content (AvgIpc) is 3.32. The minimum atomic E-state index is -3.67. The van der Waals surface area contributed by atoms with Crippen LogP contribution in [-0.4, -0.2) is 28.0 Å². The monoisotopic (exact) mass is 517 g/mol. The number of hydrogen-bond donors (Lipinski definition) is 1.